The van der Waals surface area contributed by atoms with Crippen molar-refractivity contribution in [3.63, 3.8) is 0 Å². The van der Waals surface area contributed by atoms with Gasteiger partial charge in [0.2, 0.25) is 0 Å². The summed E-state index contributed by atoms with van der Waals surface area (Å²) in [6, 6.07) is 7.11. The Bertz CT molecular complexity index is 323. The standard InChI is InChI=1S/C6H6ClN.C4H6O3/c7-5-2-1-3-6(8)4-5;1-3(5)2-4(6)7/h1-4H,8H2;2H2,1H3,(H,6,7). The van der Waals surface area contributed by atoms with Crippen LogP contribution in [0, 0.1) is 0 Å². The van der Waals surface area contributed by atoms with E-state index < -0.39 is 5.97 Å². The fourth-order valence-corrected chi connectivity index (χ4v) is 0.918. The van der Waals surface area contributed by atoms with Gasteiger partial charge in [0.25, 0.3) is 0 Å². The summed E-state index contributed by atoms with van der Waals surface area (Å²) in [6.07, 6.45) is -0.361. The van der Waals surface area contributed by atoms with Crippen LogP contribution in [0.25, 0.3) is 0 Å². The van der Waals surface area contributed by atoms with Gasteiger partial charge in [0, 0.05) is 10.7 Å². The highest BCUT2D eigenvalue weighted by Gasteiger charge is 1.98. The number of carboxylic acid groups (broad SMARTS) is 1. The Morgan fingerprint density at radius 1 is 1.47 bits per heavy atom. The Hall–Kier alpha value is -1.55. The molecule has 1 aromatic rings. The summed E-state index contributed by atoms with van der Waals surface area (Å²) in [6.45, 7) is 1.24. The number of ketones is 1. The number of carboxylic acids is 1. The minimum atomic E-state index is -1.06. The SMILES string of the molecule is CC(=O)CC(=O)O.Nc1cccc(Cl)c1. The van der Waals surface area contributed by atoms with Crippen molar-refractivity contribution in [2.75, 3.05) is 5.73 Å². The summed E-state index contributed by atoms with van der Waals surface area (Å²) in [4.78, 5) is 19.5. The molecule has 0 unspecified atom stereocenters. The summed E-state index contributed by atoms with van der Waals surface area (Å²) in [5.41, 5.74) is 6.08. The first-order valence-electron chi connectivity index (χ1n) is 4.14. The predicted molar refractivity (Wildman–Crippen MR) is 58.8 cm³/mol. The van der Waals surface area contributed by atoms with Crippen molar-refractivity contribution >= 4 is 29.0 Å². The van der Waals surface area contributed by atoms with Crippen molar-refractivity contribution in [1.82, 2.24) is 0 Å². The van der Waals surface area contributed by atoms with Gasteiger partial charge in [0.15, 0.2) is 0 Å². The number of rotatable bonds is 2. The second-order valence-electron chi connectivity index (χ2n) is 2.83. The van der Waals surface area contributed by atoms with Crippen molar-refractivity contribution in [2.24, 2.45) is 0 Å². The molecule has 0 aliphatic rings. The van der Waals surface area contributed by atoms with Crippen LogP contribution >= 0.6 is 11.6 Å². The van der Waals surface area contributed by atoms with Gasteiger partial charge in [0.05, 0.1) is 0 Å². The predicted octanol–water partition coefficient (Wildman–Crippen LogP) is 1.97. The molecule has 0 saturated heterocycles. The molecule has 0 saturated carbocycles. The zero-order valence-electron chi connectivity index (χ0n) is 8.24. The summed E-state index contributed by atoms with van der Waals surface area (Å²) in [5.74, 6) is -1.37. The number of anilines is 1. The number of nitrogen functional groups attached to an aromatic ring is 1. The Kier molecular flexibility index (Phi) is 6.13. The molecule has 5 heteroatoms. The summed E-state index contributed by atoms with van der Waals surface area (Å²) in [5, 5.41) is 8.55. The summed E-state index contributed by atoms with van der Waals surface area (Å²) in [7, 11) is 0. The molecule has 0 radical (unpaired) electrons. The molecule has 4 nitrogen and oxygen atoms in total. The first-order valence-corrected chi connectivity index (χ1v) is 4.52. The average molecular weight is 230 g/mol. The molecule has 0 aliphatic heterocycles. The number of nitrogens with two attached hydrogens (primary N) is 1. The normalized spacial score (nSPS) is 8.67. The molecule has 3 N–H and O–H groups in total. The van der Waals surface area contributed by atoms with E-state index >= 15 is 0 Å². The van der Waals surface area contributed by atoms with E-state index in [1.165, 1.54) is 6.92 Å². The Morgan fingerprint density at radius 3 is 2.27 bits per heavy atom. The van der Waals surface area contributed by atoms with Crippen molar-refractivity contribution in [3.05, 3.63) is 29.3 Å². The molecule has 1 aromatic carbocycles. The monoisotopic (exact) mass is 229 g/mol. The third kappa shape index (κ3) is 8.77. The topological polar surface area (TPSA) is 80.4 Å². The molecule has 0 bridgehead atoms. The lowest BCUT2D eigenvalue weighted by Gasteiger charge is -1.89. The number of carbonyl (C=O) groups excluding carboxylic acids is 1. The van der Waals surface area contributed by atoms with Gasteiger partial charge in [-0.15, -0.1) is 0 Å². The highest BCUT2D eigenvalue weighted by molar-refractivity contribution is 6.30. The number of halogens is 1. The van der Waals surface area contributed by atoms with Crippen LogP contribution in [-0.2, 0) is 9.59 Å². The zero-order valence-corrected chi connectivity index (χ0v) is 8.99. The van der Waals surface area contributed by atoms with Crippen molar-refractivity contribution in [3.8, 4) is 0 Å². The number of aliphatic carboxylic acids is 1. The molecule has 15 heavy (non-hydrogen) atoms. The zero-order chi connectivity index (χ0) is 11.8. The number of benzene rings is 1. The number of hydrogen-bond donors (Lipinski definition) is 2. The molecule has 0 fully saturated rings. The van der Waals surface area contributed by atoms with Crippen molar-refractivity contribution < 1.29 is 14.7 Å². The van der Waals surface area contributed by atoms with Gasteiger partial charge < -0.3 is 10.8 Å². The van der Waals surface area contributed by atoms with Crippen LogP contribution in [0.1, 0.15) is 13.3 Å². The van der Waals surface area contributed by atoms with Crippen LogP contribution in [0.5, 0.6) is 0 Å². The smallest absolute Gasteiger partial charge is 0.310 e. The molecule has 82 valence electrons. The largest absolute Gasteiger partial charge is 0.481 e. The second-order valence-corrected chi connectivity index (χ2v) is 3.26. The van der Waals surface area contributed by atoms with Crippen LogP contribution in [0.2, 0.25) is 5.02 Å². The third-order valence-corrected chi connectivity index (χ3v) is 1.48. The Morgan fingerprint density at radius 2 is 2.07 bits per heavy atom. The van der Waals surface area contributed by atoms with Gasteiger partial charge in [-0.1, -0.05) is 17.7 Å². The van der Waals surface area contributed by atoms with Crippen LogP contribution < -0.4 is 5.73 Å². The van der Waals surface area contributed by atoms with E-state index in [1.807, 2.05) is 6.07 Å². The first-order chi connectivity index (χ1) is 6.91. The number of Topliss-reactive ketones (excluding diaryl/α,β-unsaturated/α-hetero) is 1. The van der Waals surface area contributed by atoms with Gasteiger partial charge in [-0.2, -0.15) is 0 Å². The lowest BCUT2D eigenvalue weighted by molar-refractivity contribution is -0.139. The maximum absolute atomic E-state index is 9.87. The molecule has 0 heterocycles. The van der Waals surface area contributed by atoms with Crippen molar-refractivity contribution in [1.29, 1.82) is 0 Å². The molecule has 1 rings (SSSR count). The Balaban J connectivity index is 0.000000265. The van der Waals surface area contributed by atoms with E-state index in [0.29, 0.717) is 10.7 Å². The van der Waals surface area contributed by atoms with Gasteiger partial charge in [-0.3, -0.25) is 9.59 Å². The van der Waals surface area contributed by atoms with Gasteiger partial charge >= 0.3 is 5.97 Å². The maximum Gasteiger partial charge on any atom is 0.310 e. The lowest BCUT2D eigenvalue weighted by Crippen LogP contribution is -2.00. The quantitative estimate of drug-likeness (QED) is 0.600. The molecule has 0 spiro atoms. The minimum absolute atomic E-state index is 0.312. The number of carbonyl (C=O) groups is 2. The van der Waals surface area contributed by atoms with Gasteiger partial charge in [-0.25, -0.2) is 0 Å². The van der Waals surface area contributed by atoms with Crippen molar-refractivity contribution in [2.45, 2.75) is 13.3 Å². The first kappa shape index (κ1) is 13.5. The maximum atomic E-state index is 9.87. The van der Waals surface area contributed by atoms with E-state index in [2.05, 4.69) is 0 Å². The molecule has 0 atom stereocenters. The highest BCUT2D eigenvalue weighted by Crippen LogP contribution is 2.10. The fourth-order valence-electron chi connectivity index (χ4n) is 0.720. The summed E-state index contributed by atoms with van der Waals surface area (Å²) < 4.78 is 0. The molecule has 0 aromatic heterocycles. The van der Waals surface area contributed by atoms with E-state index in [9.17, 15) is 9.59 Å². The molecule has 0 amide bonds. The number of hydrogen-bond acceptors (Lipinski definition) is 3. The Labute approximate surface area is 92.7 Å². The minimum Gasteiger partial charge on any atom is -0.481 e. The summed E-state index contributed by atoms with van der Waals surface area (Å²) >= 11 is 5.56. The van der Waals surface area contributed by atoms with E-state index in [-0.39, 0.29) is 12.2 Å². The van der Waals surface area contributed by atoms with Crippen LogP contribution in [-0.4, -0.2) is 16.9 Å². The molecule has 0 aliphatic carbocycles. The van der Waals surface area contributed by atoms with E-state index in [1.54, 1.807) is 18.2 Å². The van der Waals surface area contributed by atoms with E-state index in [4.69, 9.17) is 22.4 Å². The highest BCUT2D eigenvalue weighted by atomic mass is 35.5. The lowest BCUT2D eigenvalue weighted by atomic mass is 10.3. The van der Waals surface area contributed by atoms with Gasteiger partial charge in [-0.05, 0) is 25.1 Å². The average Bonchev–Trinajstić information content (AvgIpc) is 2.01. The van der Waals surface area contributed by atoms with E-state index in [0.717, 1.165) is 0 Å². The second kappa shape index (κ2) is 6.84. The van der Waals surface area contributed by atoms with Gasteiger partial charge in [0.1, 0.15) is 12.2 Å². The van der Waals surface area contributed by atoms with Crippen LogP contribution in [0.15, 0.2) is 24.3 Å². The fraction of sp³-hybridized carbons (Fsp3) is 0.200. The third-order valence-electron chi connectivity index (χ3n) is 1.25. The van der Waals surface area contributed by atoms with Crippen LogP contribution in [0.3, 0.4) is 0 Å². The molecular formula is C10H12ClNO3. The molecular weight excluding hydrogens is 218 g/mol. The van der Waals surface area contributed by atoms with Crippen LogP contribution in [0.4, 0.5) is 5.69 Å².